The van der Waals surface area contributed by atoms with E-state index in [9.17, 15) is 13.6 Å². The summed E-state index contributed by atoms with van der Waals surface area (Å²) in [6.45, 7) is 1.91. The number of amides is 2. The molecule has 0 spiro atoms. The van der Waals surface area contributed by atoms with E-state index in [1.807, 2.05) is 0 Å². The Kier molecular flexibility index (Phi) is 3.40. The molecule has 0 bridgehead atoms. The van der Waals surface area contributed by atoms with Crippen molar-refractivity contribution >= 4 is 28.9 Å². The normalized spacial score (nSPS) is 21.2. The summed E-state index contributed by atoms with van der Waals surface area (Å²) in [5.74, 6) is -1.98. The molecule has 3 rings (SSSR count). The van der Waals surface area contributed by atoms with Gasteiger partial charge in [-0.3, -0.25) is 0 Å². The molecule has 21 heavy (non-hydrogen) atoms. The number of thiocarbonyl (C=S) groups is 1. The van der Waals surface area contributed by atoms with Crippen LogP contribution in [0.15, 0.2) is 12.1 Å². The second kappa shape index (κ2) is 5.10. The molecule has 2 aliphatic rings. The third-order valence-corrected chi connectivity index (χ3v) is 4.12. The van der Waals surface area contributed by atoms with Gasteiger partial charge in [-0.05, 0) is 12.1 Å². The van der Waals surface area contributed by atoms with E-state index in [4.69, 9.17) is 5.73 Å². The lowest BCUT2D eigenvalue weighted by atomic mass is 10.1. The second-order valence-corrected chi connectivity index (χ2v) is 5.54. The first kappa shape index (κ1) is 14.0. The minimum Gasteiger partial charge on any atom is -0.389 e. The standard InChI is InChI=1S/C13H14F2N4OS/c14-10-8(12(16)21)1-2-9(11(10)15)18-3-4-19-7(6-18)5-17-13(19)20/h1-2,7H,3-6H2,(H2,16,21)(H,17,20). The summed E-state index contributed by atoms with van der Waals surface area (Å²) in [7, 11) is 0. The number of carbonyl (C=O) groups excluding carboxylic acids is 1. The number of carbonyl (C=O) groups is 1. The van der Waals surface area contributed by atoms with Crippen LogP contribution in [-0.4, -0.2) is 48.1 Å². The van der Waals surface area contributed by atoms with Gasteiger partial charge in [-0.1, -0.05) is 12.2 Å². The Morgan fingerprint density at radius 2 is 2.10 bits per heavy atom. The maximum Gasteiger partial charge on any atom is 0.317 e. The topological polar surface area (TPSA) is 61.6 Å². The summed E-state index contributed by atoms with van der Waals surface area (Å²) >= 11 is 4.69. The van der Waals surface area contributed by atoms with Gasteiger partial charge in [0.1, 0.15) is 4.99 Å². The fourth-order valence-corrected chi connectivity index (χ4v) is 2.95. The predicted octanol–water partition coefficient (Wildman–Crippen LogP) is 0.813. The van der Waals surface area contributed by atoms with Crippen molar-refractivity contribution in [1.82, 2.24) is 10.2 Å². The molecular formula is C13H14F2N4OS. The molecule has 2 fully saturated rings. The first-order valence-electron chi connectivity index (χ1n) is 6.56. The quantitative estimate of drug-likeness (QED) is 0.794. The summed E-state index contributed by atoms with van der Waals surface area (Å²) in [4.78, 5) is 14.8. The minimum atomic E-state index is -1.02. The van der Waals surface area contributed by atoms with Gasteiger partial charge in [-0.25, -0.2) is 13.6 Å². The number of urea groups is 1. The van der Waals surface area contributed by atoms with Gasteiger partial charge in [-0.15, -0.1) is 0 Å². The molecule has 3 N–H and O–H groups in total. The van der Waals surface area contributed by atoms with Gasteiger partial charge in [0.2, 0.25) is 0 Å². The van der Waals surface area contributed by atoms with Crippen molar-refractivity contribution in [3.05, 3.63) is 29.3 Å². The molecule has 0 aliphatic carbocycles. The number of piperazine rings is 1. The summed E-state index contributed by atoms with van der Waals surface area (Å²) in [6.07, 6.45) is 0. The van der Waals surface area contributed by atoms with Gasteiger partial charge in [0.25, 0.3) is 0 Å². The minimum absolute atomic E-state index is 0.0241. The Labute approximate surface area is 125 Å². The number of nitrogens with one attached hydrogen (secondary N) is 1. The molecule has 8 heteroatoms. The highest BCUT2D eigenvalue weighted by atomic mass is 32.1. The lowest BCUT2D eigenvalue weighted by molar-refractivity contribution is 0.197. The van der Waals surface area contributed by atoms with Crippen molar-refractivity contribution in [3.8, 4) is 0 Å². The Balaban J connectivity index is 1.87. The zero-order chi connectivity index (χ0) is 15.1. The van der Waals surface area contributed by atoms with Crippen LogP contribution in [0.4, 0.5) is 19.3 Å². The summed E-state index contributed by atoms with van der Waals surface area (Å²) in [5, 5.41) is 2.74. The van der Waals surface area contributed by atoms with Gasteiger partial charge in [0, 0.05) is 31.7 Å². The van der Waals surface area contributed by atoms with Gasteiger partial charge >= 0.3 is 6.03 Å². The molecule has 2 heterocycles. The number of nitrogens with two attached hydrogens (primary N) is 1. The molecule has 0 radical (unpaired) electrons. The predicted molar refractivity (Wildman–Crippen MR) is 78.4 cm³/mol. The van der Waals surface area contributed by atoms with Gasteiger partial charge in [0.15, 0.2) is 11.6 Å². The van der Waals surface area contributed by atoms with Crippen LogP contribution < -0.4 is 16.0 Å². The number of hydrogen-bond acceptors (Lipinski definition) is 3. The number of anilines is 1. The van der Waals surface area contributed by atoms with Gasteiger partial charge < -0.3 is 20.9 Å². The van der Waals surface area contributed by atoms with E-state index in [0.29, 0.717) is 26.2 Å². The Morgan fingerprint density at radius 1 is 1.33 bits per heavy atom. The number of nitrogens with zero attached hydrogens (tertiary/aromatic N) is 2. The fourth-order valence-electron chi connectivity index (χ4n) is 2.80. The maximum absolute atomic E-state index is 14.2. The van der Waals surface area contributed by atoms with Crippen molar-refractivity contribution in [2.24, 2.45) is 5.73 Å². The van der Waals surface area contributed by atoms with Gasteiger partial charge in [-0.2, -0.15) is 0 Å². The monoisotopic (exact) mass is 312 g/mol. The number of rotatable bonds is 2. The van der Waals surface area contributed by atoms with Crippen LogP contribution in [0.3, 0.4) is 0 Å². The van der Waals surface area contributed by atoms with Crippen molar-refractivity contribution in [3.63, 3.8) is 0 Å². The number of hydrogen-bond donors (Lipinski definition) is 2. The zero-order valence-corrected chi connectivity index (χ0v) is 11.9. The van der Waals surface area contributed by atoms with Crippen LogP contribution in [0.25, 0.3) is 0 Å². The van der Waals surface area contributed by atoms with Crippen molar-refractivity contribution in [1.29, 1.82) is 0 Å². The molecule has 1 unspecified atom stereocenters. The molecule has 2 saturated heterocycles. The van der Waals surface area contributed by atoms with Gasteiger partial charge in [0.05, 0.1) is 11.7 Å². The Bertz CT molecular complexity index is 624. The average molecular weight is 312 g/mol. The zero-order valence-electron chi connectivity index (χ0n) is 11.1. The first-order valence-corrected chi connectivity index (χ1v) is 6.97. The van der Waals surface area contributed by atoms with Crippen LogP contribution >= 0.6 is 12.2 Å². The van der Waals surface area contributed by atoms with E-state index in [0.717, 1.165) is 0 Å². The van der Waals surface area contributed by atoms with E-state index in [-0.39, 0.29) is 28.3 Å². The van der Waals surface area contributed by atoms with Crippen molar-refractivity contribution in [2.75, 3.05) is 31.1 Å². The molecule has 2 amide bonds. The maximum atomic E-state index is 14.2. The first-order chi connectivity index (χ1) is 9.99. The largest absolute Gasteiger partial charge is 0.389 e. The Hall–Kier alpha value is -1.96. The molecule has 5 nitrogen and oxygen atoms in total. The third kappa shape index (κ3) is 2.29. The van der Waals surface area contributed by atoms with Crippen LogP contribution in [0, 0.1) is 11.6 Å². The second-order valence-electron chi connectivity index (χ2n) is 5.10. The number of halogens is 2. The van der Waals surface area contributed by atoms with Crippen LogP contribution in [0.1, 0.15) is 5.56 Å². The number of benzene rings is 1. The summed E-state index contributed by atoms with van der Waals surface area (Å²) in [6, 6.07) is 2.74. The van der Waals surface area contributed by atoms with Crippen molar-refractivity contribution < 1.29 is 13.6 Å². The molecular weight excluding hydrogens is 298 g/mol. The van der Waals surface area contributed by atoms with Crippen LogP contribution in [-0.2, 0) is 0 Å². The smallest absolute Gasteiger partial charge is 0.317 e. The molecule has 1 aromatic rings. The van der Waals surface area contributed by atoms with Crippen molar-refractivity contribution in [2.45, 2.75) is 6.04 Å². The lowest BCUT2D eigenvalue weighted by Gasteiger charge is -2.37. The third-order valence-electron chi connectivity index (χ3n) is 3.90. The highest BCUT2D eigenvalue weighted by molar-refractivity contribution is 7.80. The van der Waals surface area contributed by atoms with E-state index in [2.05, 4.69) is 17.5 Å². The van der Waals surface area contributed by atoms with Crippen LogP contribution in [0.2, 0.25) is 0 Å². The average Bonchev–Trinajstić information content (AvgIpc) is 2.82. The molecule has 2 aliphatic heterocycles. The summed E-state index contributed by atoms with van der Waals surface area (Å²) < 4.78 is 28.2. The molecule has 0 aromatic heterocycles. The van der Waals surface area contributed by atoms with E-state index in [1.165, 1.54) is 12.1 Å². The molecule has 1 aromatic carbocycles. The number of fused-ring (bicyclic) bond motifs is 1. The molecule has 112 valence electrons. The SMILES string of the molecule is NC(=S)c1ccc(N2CCN3C(=O)NCC3C2)c(F)c1F. The molecule has 0 saturated carbocycles. The van der Waals surface area contributed by atoms with E-state index >= 15 is 0 Å². The van der Waals surface area contributed by atoms with E-state index in [1.54, 1.807) is 9.80 Å². The summed E-state index contributed by atoms with van der Waals surface area (Å²) in [5.41, 5.74) is 5.43. The highest BCUT2D eigenvalue weighted by Crippen LogP contribution is 2.27. The fraction of sp³-hybridized carbons (Fsp3) is 0.385. The Morgan fingerprint density at radius 3 is 2.81 bits per heavy atom. The highest BCUT2D eigenvalue weighted by Gasteiger charge is 2.36. The van der Waals surface area contributed by atoms with Crippen LogP contribution in [0.5, 0.6) is 0 Å². The van der Waals surface area contributed by atoms with E-state index < -0.39 is 11.6 Å². The molecule has 1 atom stereocenters. The lowest BCUT2D eigenvalue weighted by Crippen LogP contribution is -2.52.